The number of aromatic amines is 1. The van der Waals surface area contributed by atoms with Crippen molar-refractivity contribution in [3.05, 3.63) is 52.2 Å². The number of H-pyrrole nitrogens is 1. The number of benzene rings is 1. The van der Waals surface area contributed by atoms with Gasteiger partial charge in [-0.05, 0) is 19.1 Å². The first-order valence-electron chi connectivity index (χ1n) is 7.61. The molecule has 3 heterocycles. The number of fused-ring (bicyclic) bond motifs is 2. The molecule has 24 heavy (non-hydrogen) atoms. The Morgan fingerprint density at radius 1 is 1.42 bits per heavy atom. The molecule has 1 aromatic carbocycles. The fraction of sp³-hybridized carbons (Fsp3) is 0.250. The highest BCUT2D eigenvalue weighted by Crippen LogP contribution is 2.21. The summed E-state index contributed by atoms with van der Waals surface area (Å²) in [6.45, 7) is 2.41. The Hall–Kier alpha value is -2.61. The van der Waals surface area contributed by atoms with Crippen LogP contribution in [-0.4, -0.2) is 31.2 Å². The van der Waals surface area contributed by atoms with Crippen molar-refractivity contribution in [3.63, 3.8) is 0 Å². The summed E-state index contributed by atoms with van der Waals surface area (Å²) in [5.41, 5.74) is 1.51. The Morgan fingerprint density at radius 3 is 3.08 bits per heavy atom. The van der Waals surface area contributed by atoms with Gasteiger partial charge in [-0.1, -0.05) is 23.9 Å². The maximum Gasteiger partial charge on any atom is 0.267 e. The largest absolute Gasteiger partial charge is 0.342 e. The van der Waals surface area contributed by atoms with Crippen LogP contribution in [0.3, 0.4) is 0 Å². The van der Waals surface area contributed by atoms with Crippen molar-refractivity contribution < 1.29 is 4.79 Å². The average molecular weight is 341 g/mol. The molecular weight excluding hydrogens is 326 g/mol. The van der Waals surface area contributed by atoms with Crippen molar-refractivity contribution in [3.8, 4) is 0 Å². The van der Waals surface area contributed by atoms with Gasteiger partial charge in [0.05, 0.1) is 17.1 Å². The first-order valence-corrected chi connectivity index (χ1v) is 8.60. The Bertz CT molecular complexity index is 961. The number of nitrogens with zero attached hydrogens (tertiary/aromatic N) is 3. The Labute approximate surface area is 141 Å². The molecule has 7 nitrogen and oxygen atoms in total. The molecule has 2 aromatic heterocycles. The minimum atomic E-state index is -0.437. The molecule has 4 rings (SSSR count). The third-order valence-corrected chi connectivity index (χ3v) is 4.94. The van der Waals surface area contributed by atoms with E-state index in [2.05, 4.69) is 20.3 Å². The highest BCUT2D eigenvalue weighted by Gasteiger charge is 2.22. The summed E-state index contributed by atoms with van der Waals surface area (Å²) in [7, 11) is 0. The molecular formula is C16H15N5O2S. The van der Waals surface area contributed by atoms with Crippen LogP contribution in [0.1, 0.15) is 29.1 Å². The number of thioether (sulfide) groups is 1. The second-order valence-corrected chi connectivity index (χ2v) is 6.66. The van der Waals surface area contributed by atoms with Crippen LogP contribution in [0.15, 0.2) is 40.4 Å². The van der Waals surface area contributed by atoms with Crippen LogP contribution in [0.25, 0.3) is 11.0 Å². The van der Waals surface area contributed by atoms with Crippen molar-refractivity contribution in [2.75, 3.05) is 5.75 Å². The molecule has 1 aliphatic rings. The smallest absolute Gasteiger partial charge is 0.267 e. The number of nitrogens with one attached hydrogen (secondary N) is 2. The quantitative estimate of drug-likeness (QED) is 0.708. The van der Waals surface area contributed by atoms with Crippen LogP contribution >= 0.6 is 11.8 Å². The van der Waals surface area contributed by atoms with E-state index in [-0.39, 0.29) is 17.2 Å². The number of para-hydroxylation sites is 2. The van der Waals surface area contributed by atoms with E-state index in [1.54, 1.807) is 4.57 Å². The summed E-state index contributed by atoms with van der Waals surface area (Å²) in [6.07, 6.45) is 1.35. The lowest BCUT2D eigenvalue weighted by molar-refractivity contribution is 0.0935. The predicted molar refractivity (Wildman–Crippen MR) is 91.2 cm³/mol. The van der Waals surface area contributed by atoms with E-state index in [0.717, 1.165) is 16.8 Å². The van der Waals surface area contributed by atoms with E-state index in [1.165, 1.54) is 18.0 Å². The molecule has 0 aliphatic carbocycles. The lowest BCUT2D eigenvalue weighted by Crippen LogP contribution is -2.35. The summed E-state index contributed by atoms with van der Waals surface area (Å²) in [5.74, 6) is 1.02. The minimum Gasteiger partial charge on any atom is -0.342 e. The van der Waals surface area contributed by atoms with Crippen LogP contribution in [0.2, 0.25) is 0 Å². The molecule has 122 valence electrons. The first-order chi connectivity index (χ1) is 11.6. The zero-order chi connectivity index (χ0) is 16.7. The second-order valence-electron chi connectivity index (χ2n) is 5.59. The molecule has 0 fully saturated rings. The van der Waals surface area contributed by atoms with Crippen molar-refractivity contribution in [2.24, 2.45) is 0 Å². The standard InChI is InChI=1S/C16H15N5O2S/c1-9(13-19-11-4-2-3-5-12(11)20-13)18-14(22)10-8-17-16-21(15(10)23)6-7-24-16/h2-5,8-9H,6-7H2,1H3,(H,18,22)(H,19,20). The van der Waals surface area contributed by atoms with Crippen LogP contribution in [0, 0.1) is 0 Å². The Morgan fingerprint density at radius 2 is 2.25 bits per heavy atom. The van der Waals surface area contributed by atoms with Crippen LogP contribution in [0.5, 0.6) is 0 Å². The van der Waals surface area contributed by atoms with Crippen LogP contribution < -0.4 is 10.9 Å². The van der Waals surface area contributed by atoms with Gasteiger partial charge in [0, 0.05) is 18.5 Å². The lowest BCUT2D eigenvalue weighted by Gasteiger charge is -2.11. The normalized spacial score (nSPS) is 14.5. The molecule has 3 aromatic rings. The van der Waals surface area contributed by atoms with E-state index >= 15 is 0 Å². The third-order valence-electron chi connectivity index (χ3n) is 3.97. The topological polar surface area (TPSA) is 92.7 Å². The summed E-state index contributed by atoms with van der Waals surface area (Å²) in [4.78, 5) is 36.7. The second kappa shape index (κ2) is 5.79. The van der Waals surface area contributed by atoms with Gasteiger partial charge in [0.1, 0.15) is 11.4 Å². The molecule has 0 spiro atoms. The number of hydrogen-bond donors (Lipinski definition) is 2. The summed E-state index contributed by atoms with van der Waals surface area (Å²) in [6, 6.07) is 7.30. The van der Waals surface area contributed by atoms with Gasteiger partial charge in [0.15, 0.2) is 5.16 Å². The van der Waals surface area contributed by atoms with Gasteiger partial charge < -0.3 is 10.3 Å². The van der Waals surface area contributed by atoms with E-state index < -0.39 is 5.91 Å². The molecule has 1 unspecified atom stereocenters. The maximum absolute atomic E-state index is 12.5. The third kappa shape index (κ3) is 2.48. The summed E-state index contributed by atoms with van der Waals surface area (Å²) in [5, 5.41) is 3.48. The zero-order valence-electron chi connectivity index (χ0n) is 12.9. The average Bonchev–Trinajstić information content (AvgIpc) is 3.21. The zero-order valence-corrected chi connectivity index (χ0v) is 13.8. The van der Waals surface area contributed by atoms with E-state index in [0.29, 0.717) is 17.5 Å². The number of aromatic nitrogens is 4. The van der Waals surface area contributed by atoms with Crippen molar-refractivity contribution >= 4 is 28.7 Å². The molecule has 8 heteroatoms. The minimum absolute atomic E-state index is 0.0595. The molecule has 0 saturated heterocycles. The van der Waals surface area contributed by atoms with E-state index in [4.69, 9.17) is 0 Å². The summed E-state index contributed by atoms with van der Waals surface area (Å²) >= 11 is 1.52. The number of rotatable bonds is 3. The molecule has 1 amide bonds. The Kier molecular flexibility index (Phi) is 3.61. The number of carbonyl (C=O) groups is 1. The van der Waals surface area contributed by atoms with Gasteiger partial charge in [-0.15, -0.1) is 0 Å². The molecule has 1 atom stereocenters. The van der Waals surface area contributed by atoms with Gasteiger partial charge >= 0.3 is 0 Å². The summed E-state index contributed by atoms with van der Waals surface area (Å²) < 4.78 is 1.55. The number of imidazole rings is 1. The van der Waals surface area contributed by atoms with Crippen molar-refractivity contribution in [1.29, 1.82) is 0 Å². The molecule has 1 aliphatic heterocycles. The van der Waals surface area contributed by atoms with Gasteiger partial charge in [0.2, 0.25) is 0 Å². The van der Waals surface area contributed by atoms with Crippen LogP contribution in [-0.2, 0) is 6.54 Å². The highest BCUT2D eigenvalue weighted by molar-refractivity contribution is 7.99. The lowest BCUT2D eigenvalue weighted by atomic mass is 10.2. The molecule has 0 bridgehead atoms. The highest BCUT2D eigenvalue weighted by atomic mass is 32.2. The van der Waals surface area contributed by atoms with E-state index in [1.807, 2.05) is 31.2 Å². The van der Waals surface area contributed by atoms with Crippen LogP contribution in [0.4, 0.5) is 0 Å². The SMILES string of the molecule is CC(NC(=O)c1cnc2n(c1=O)CCS2)c1nc2ccccc2[nH]1. The van der Waals surface area contributed by atoms with Gasteiger partial charge in [0.25, 0.3) is 11.5 Å². The first kappa shape index (κ1) is 14.9. The number of hydrogen-bond acceptors (Lipinski definition) is 5. The van der Waals surface area contributed by atoms with Gasteiger partial charge in [-0.25, -0.2) is 9.97 Å². The fourth-order valence-electron chi connectivity index (χ4n) is 2.69. The van der Waals surface area contributed by atoms with E-state index in [9.17, 15) is 9.59 Å². The van der Waals surface area contributed by atoms with Crippen molar-refractivity contribution in [2.45, 2.75) is 24.7 Å². The van der Waals surface area contributed by atoms with Gasteiger partial charge in [-0.3, -0.25) is 14.2 Å². The molecule has 0 saturated carbocycles. The molecule has 2 N–H and O–H groups in total. The Balaban J connectivity index is 1.58. The number of carbonyl (C=O) groups excluding carboxylic acids is 1. The van der Waals surface area contributed by atoms with Gasteiger partial charge in [-0.2, -0.15) is 0 Å². The fourth-order valence-corrected chi connectivity index (χ4v) is 3.61. The number of amides is 1. The monoisotopic (exact) mass is 341 g/mol. The predicted octanol–water partition coefficient (Wildman–Crippen LogP) is 1.72. The van der Waals surface area contributed by atoms with Crippen molar-refractivity contribution in [1.82, 2.24) is 24.8 Å². The maximum atomic E-state index is 12.5. The molecule has 0 radical (unpaired) electrons.